The lowest BCUT2D eigenvalue weighted by Gasteiger charge is -2.03. The second kappa shape index (κ2) is 3.42. The Labute approximate surface area is 93.3 Å². The van der Waals surface area contributed by atoms with Crippen molar-refractivity contribution in [3.05, 3.63) is 23.9 Å². The van der Waals surface area contributed by atoms with Crippen LogP contribution in [0.3, 0.4) is 0 Å². The van der Waals surface area contributed by atoms with Crippen LogP contribution in [0.1, 0.15) is 12.5 Å². The Bertz CT molecular complexity index is 531. The van der Waals surface area contributed by atoms with E-state index in [0.29, 0.717) is 6.79 Å². The Balaban J connectivity index is 2.12. The molecule has 0 amide bonds. The van der Waals surface area contributed by atoms with Gasteiger partial charge in [0, 0.05) is 29.2 Å². The number of benzene rings is 1. The third kappa shape index (κ3) is 1.42. The van der Waals surface area contributed by atoms with Crippen molar-refractivity contribution in [2.45, 2.75) is 19.4 Å². The van der Waals surface area contributed by atoms with Crippen molar-refractivity contribution in [1.82, 2.24) is 4.98 Å². The molecule has 0 spiro atoms. The van der Waals surface area contributed by atoms with Gasteiger partial charge in [-0.05, 0) is 25.0 Å². The molecule has 0 aliphatic carbocycles. The molecule has 0 fully saturated rings. The number of H-pyrrole nitrogens is 1. The van der Waals surface area contributed by atoms with Crippen molar-refractivity contribution in [2.24, 2.45) is 5.73 Å². The number of aromatic amines is 1. The van der Waals surface area contributed by atoms with Crippen molar-refractivity contribution >= 4 is 10.9 Å². The van der Waals surface area contributed by atoms with Gasteiger partial charge in [-0.15, -0.1) is 0 Å². The van der Waals surface area contributed by atoms with Crippen LogP contribution < -0.4 is 15.2 Å². The van der Waals surface area contributed by atoms with E-state index < -0.39 is 0 Å². The summed E-state index contributed by atoms with van der Waals surface area (Å²) in [4.78, 5) is 3.23. The minimum Gasteiger partial charge on any atom is -0.454 e. The lowest BCUT2D eigenvalue weighted by molar-refractivity contribution is 0.174. The average Bonchev–Trinajstić information content (AvgIpc) is 2.81. The minimum absolute atomic E-state index is 0.157. The summed E-state index contributed by atoms with van der Waals surface area (Å²) in [6, 6.07) is 4.15. The fourth-order valence-electron chi connectivity index (χ4n) is 2.09. The van der Waals surface area contributed by atoms with Crippen LogP contribution in [-0.4, -0.2) is 17.8 Å². The first-order chi connectivity index (χ1) is 7.74. The first-order valence-electron chi connectivity index (χ1n) is 5.39. The third-order valence-corrected chi connectivity index (χ3v) is 2.80. The molecule has 0 saturated heterocycles. The average molecular weight is 218 g/mol. The van der Waals surface area contributed by atoms with Gasteiger partial charge in [0.25, 0.3) is 0 Å². The lowest BCUT2D eigenvalue weighted by Crippen LogP contribution is -2.17. The van der Waals surface area contributed by atoms with E-state index >= 15 is 0 Å². The highest BCUT2D eigenvalue weighted by molar-refractivity contribution is 5.87. The molecule has 1 aliphatic rings. The first kappa shape index (κ1) is 9.54. The van der Waals surface area contributed by atoms with Crippen molar-refractivity contribution < 1.29 is 9.47 Å². The molecule has 16 heavy (non-hydrogen) atoms. The third-order valence-electron chi connectivity index (χ3n) is 2.80. The second-order valence-corrected chi connectivity index (χ2v) is 4.25. The maximum Gasteiger partial charge on any atom is 0.231 e. The maximum atomic E-state index is 5.82. The lowest BCUT2D eigenvalue weighted by atomic mass is 10.1. The fourth-order valence-corrected chi connectivity index (χ4v) is 2.09. The molecule has 0 bridgehead atoms. The van der Waals surface area contributed by atoms with E-state index in [4.69, 9.17) is 15.2 Å². The number of rotatable bonds is 2. The summed E-state index contributed by atoms with van der Waals surface area (Å²) in [6.07, 6.45) is 2.86. The molecule has 1 unspecified atom stereocenters. The van der Waals surface area contributed by atoms with Gasteiger partial charge in [0.15, 0.2) is 11.5 Å². The molecule has 4 nitrogen and oxygen atoms in total. The van der Waals surface area contributed by atoms with Crippen LogP contribution in [0.15, 0.2) is 18.3 Å². The predicted octanol–water partition coefficient (Wildman–Crippen LogP) is 1.79. The molecule has 3 rings (SSSR count). The predicted molar refractivity (Wildman–Crippen MR) is 61.8 cm³/mol. The van der Waals surface area contributed by atoms with E-state index in [1.807, 2.05) is 25.3 Å². The molecule has 1 aromatic heterocycles. The SMILES string of the molecule is CC(N)Cc1c[nH]c2cc3c(cc12)OCO3. The number of aromatic nitrogens is 1. The standard InChI is InChI=1S/C12H14N2O2/c1-7(13)2-8-5-14-10-4-12-11(3-9(8)10)15-6-16-12/h3-5,7,14H,2,6,13H2,1H3. The van der Waals surface area contributed by atoms with Gasteiger partial charge in [-0.2, -0.15) is 0 Å². The van der Waals surface area contributed by atoms with Gasteiger partial charge in [-0.25, -0.2) is 0 Å². The van der Waals surface area contributed by atoms with E-state index in [9.17, 15) is 0 Å². The van der Waals surface area contributed by atoms with Gasteiger partial charge in [0.1, 0.15) is 0 Å². The van der Waals surface area contributed by atoms with Gasteiger partial charge in [0.2, 0.25) is 6.79 Å². The van der Waals surface area contributed by atoms with Crippen LogP contribution in [-0.2, 0) is 6.42 Å². The molecule has 2 heterocycles. The highest BCUT2D eigenvalue weighted by Crippen LogP contribution is 2.36. The molecule has 1 aliphatic heterocycles. The largest absolute Gasteiger partial charge is 0.454 e. The van der Waals surface area contributed by atoms with Crippen molar-refractivity contribution in [3.63, 3.8) is 0 Å². The number of hydrogen-bond donors (Lipinski definition) is 2. The summed E-state index contributed by atoms with van der Waals surface area (Å²) in [7, 11) is 0. The molecule has 84 valence electrons. The molecule has 3 N–H and O–H groups in total. The van der Waals surface area contributed by atoms with Gasteiger partial charge >= 0.3 is 0 Å². The summed E-state index contributed by atoms with van der Waals surface area (Å²) in [6.45, 7) is 2.32. The second-order valence-electron chi connectivity index (χ2n) is 4.25. The normalized spacial score (nSPS) is 15.6. The summed E-state index contributed by atoms with van der Waals surface area (Å²) in [5, 5.41) is 1.17. The number of fused-ring (bicyclic) bond motifs is 2. The summed E-state index contributed by atoms with van der Waals surface area (Å²) < 4.78 is 10.7. The van der Waals surface area contributed by atoms with Gasteiger partial charge in [0.05, 0.1) is 0 Å². The van der Waals surface area contributed by atoms with Gasteiger partial charge in [-0.1, -0.05) is 0 Å². The molecule has 1 aromatic carbocycles. The highest BCUT2D eigenvalue weighted by Gasteiger charge is 2.16. The Morgan fingerprint density at radius 1 is 1.38 bits per heavy atom. The van der Waals surface area contributed by atoms with Crippen molar-refractivity contribution in [3.8, 4) is 11.5 Å². The molecular formula is C12H14N2O2. The Morgan fingerprint density at radius 3 is 2.88 bits per heavy atom. The quantitative estimate of drug-likeness (QED) is 0.807. The zero-order valence-corrected chi connectivity index (χ0v) is 9.12. The van der Waals surface area contributed by atoms with Gasteiger partial charge < -0.3 is 20.2 Å². The number of nitrogens with two attached hydrogens (primary N) is 1. The summed E-state index contributed by atoms with van der Waals surface area (Å²) in [5.41, 5.74) is 8.11. The highest BCUT2D eigenvalue weighted by atomic mass is 16.7. The Morgan fingerprint density at radius 2 is 2.12 bits per heavy atom. The first-order valence-corrected chi connectivity index (χ1v) is 5.39. The maximum absolute atomic E-state index is 5.82. The molecule has 0 radical (unpaired) electrons. The van der Waals surface area contributed by atoms with Crippen LogP contribution in [0.2, 0.25) is 0 Å². The molecule has 2 aromatic rings. The topological polar surface area (TPSA) is 60.3 Å². The number of hydrogen-bond acceptors (Lipinski definition) is 3. The Hall–Kier alpha value is -1.68. The van der Waals surface area contributed by atoms with Crippen molar-refractivity contribution in [2.75, 3.05) is 6.79 Å². The molecular weight excluding hydrogens is 204 g/mol. The van der Waals surface area contributed by atoms with E-state index in [-0.39, 0.29) is 6.04 Å². The van der Waals surface area contributed by atoms with Crippen molar-refractivity contribution in [1.29, 1.82) is 0 Å². The van der Waals surface area contributed by atoms with Crippen LogP contribution >= 0.6 is 0 Å². The molecule has 0 saturated carbocycles. The zero-order chi connectivity index (χ0) is 11.1. The minimum atomic E-state index is 0.157. The van der Waals surface area contributed by atoms with Crippen LogP contribution in [0, 0.1) is 0 Å². The monoisotopic (exact) mass is 218 g/mol. The number of ether oxygens (including phenoxy) is 2. The molecule has 1 atom stereocenters. The number of nitrogens with one attached hydrogen (secondary N) is 1. The molecule has 4 heteroatoms. The van der Waals surface area contributed by atoms with E-state index in [1.165, 1.54) is 10.9 Å². The summed E-state index contributed by atoms with van der Waals surface area (Å²) in [5.74, 6) is 1.62. The van der Waals surface area contributed by atoms with E-state index in [1.54, 1.807) is 0 Å². The van der Waals surface area contributed by atoms with Crippen LogP contribution in [0.4, 0.5) is 0 Å². The van der Waals surface area contributed by atoms with Gasteiger partial charge in [-0.3, -0.25) is 0 Å². The smallest absolute Gasteiger partial charge is 0.231 e. The Kier molecular flexibility index (Phi) is 2.04. The van der Waals surface area contributed by atoms with Crippen LogP contribution in [0.25, 0.3) is 10.9 Å². The zero-order valence-electron chi connectivity index (χ0n) is 9.12. The van der Waals surface area contributed by atoms with E-state index in [0.717, 1.165) is 23.4 Å². The van der Waals surface area contributed by atoms with Crippen LogP contribution in [0.5, 0.6) is 11.5 Å². The fraction of sp³-hybridized carbons (Fsp3) is 0.333. The summed E-state index contributed by atoms with van der Waals surface area (Å²) >= 11 is 0. The van der Waals surface area contributed by atoms with E-state index in [2.05, 4.69) is 4.98 Å².